The van der Waals surface area contributed by atoms with E-state index in [1.807, 2.05) is 6.92 Å². The summed E-state index contributed by atoms with van der Waals surface area (Å²) in [6.07, 6.45) is 2.18. The van der Waals surface area contributed by atoms with Gasteiger partial charge in [0, 0.05) is 18.7 Å². The molecule has 1 heterocycles. The van der Waals surface area contributed by atoms with Crippen LogP contribution >= 0.6 is 0 Å². The third-order valence-electron chi connectivity index (χ3n) is 1.64. The molecule has 1 aromatic heterocycles. The first-order valence-corrected chi connectivity index (χ1v) is 4.14. The molecule has 0 radical (unpaired) electrons. The molecule has 5 nitrogen and oxygen atoms in total. The van der Waals surface area contributed by atoms with E-state index in [0.29, 0.717) is 12.1 Å². The van der Waals surface area contributed by atoms with Gasteiger partial charge in [-0.25, -0.2) is 5.10 Å². The van der Waals surface area contributed by atoms with Gasteiger partial charge >= 0.3 is 0 Å². The predicted molar refractivity (Wildman–Crippen MR) is 49.6 cm³/mol. The molecule has 0 fully saturated rings. The first-order chi connectivity index (χ1) is 6.22. The molecule has 5 heteroatoms. The summed E-state index contributed by atoms with van der Waals surface area (Å²) in [6.45, 7) is 2.06. The zero-order valence-electron chi connectivity index (χ0n) is 7.45. The molecule has 0 aliphatic rings. The predicted octanol–water partition coefficient (Wildman–Crippen LogP) is -0.0473. The van der Waals surface area contributed by atoms with E-state index < -0.39 is 0 Å². The Kier molecular flexibility index (Phi) is 3.45. The largest absolute Gasteiger partial charge is 0.396 e. The number of nitrogens with one attached hydrogen (secondary N) is 2. The van der Waals surface area contributed by atoms with Crippen LogP contribution in [0.1, 0.15) is 13.3 Å². The number of aromatic nitrogens is 2. The van der Waals surface area contributed by atoms with Gasteiger partial charge in [0.2, 0.25) is 0 Å². The first kappa shape index (κ1) is 9.73. The van der Waals surface area contributed by atoms with Crippen molar-refractivity contribution >= 4 is 5.69 Å². The maximum absolute atomic E-state index is 10.8. The fourth-order valence-corrected chi connectivity index (χ4v) is 1.01. The van der Waals surface area contributed by atoms with Crippen molar-refractivity contribution in [3.05, 3.63) is 22.6 Å². The van der Waals surface area contributed by atoms with Crippen LogP contribution in [0.3, 0.4) is 0 Å². The fourth-order valence-electron chi connectivity index (χ4n) is 1.01. The summed E-state index contributed by atoms with van der Waals surface area (Å²) in [5, 5.41) is 17.6. The number of hydrogen-bond acceptors (Lipinski definition) is 4. The Morgan fingerprint density at radius 2 is 2.54 bits per heavy atom. The average molecular weight is 183 g/mol. The molecule has 0 saturated heterocycles. The van der Waals surface area contributed by atoms with E-state index >= 15 is 0 Å². The second-order valence-corrected chi connectivity index (χ2v) is 2.89. The highest BCUT2D eigenvalue weighted by atomic mass is 16.3. The summed E-state index contributed by atoms with van der Waals surface area (Å²) in [6, 6.07) is 1.56. The van der Waals surface area contributed by atoms with Crippen LogP contribution in [-0.2, 0) is 0 Å². The van der Waals surface area contributed by atoms with Crippen molar-refractivity contribution < 1.29 is 5.11 Å². The second kappa shape index (κ2) is 4.61. The van der Waals surface area contributed by atoms with Gasteiger partial charge in [0.1, 0.15) is 0 Å². The lowest BCUT2D eigenvalue weighted by molar-refractivity contribution is 0.282. The molecular formula is C8H13N3O2. The Morgan fingerprint density at radius 1 is 1.77 bits per heavy atom. The number of rotatable bonds is 4. The van der Waals surface area contributed by atoms with Gasteiger partial charge in [-0.2, -0.15) is 5.10 Å². The molecule has 72 valence electrons. The molecule has 0 spiro atoms. The minimum Gasteiger partial charge on any atom is -0.396 e. The van der Waals surface area contributed by atoms with Crippen molar-refractivity contribution in [1.29, 1.82) is 0 Å². The van der Waals surface area contributed by atoms with E-state index in [4.69, 9.17) is 5.11 Å². The highest BCUT2D eigenvalue weighted by Crippen LogP contribution is 2.03. The number of nitrogens with zero attached hydrogens (tertiary/aromatic N) is 1. The van der Waals surface area contributed by atoms with E-state index in [2.05, 4.69) is 15.5 Å². The van der Waals surface area contributed by atoms with Crippen LogP contribution < -0.4 is 10.9 Å². The number of aliphatic hydroxyl groups is 1. The Labute approximate surface area is 75.8 Å². The minimum absolute atomic E-state index is 0.130. The van der Waals surface area contributed by atoms with Gasteiger partial charge in [0.25, 0.3) is 5.56 Å². The van der Waals surface area contributed by atoms with Crippen LogP contribution in [0.15, 0.2) is 17.1 Å². The van der Waals surface area contributed by atoms with Crippen molar-refractivity contribution in [2.24, 2.45) is 0 Å². The SMILES string of the molecule is CC(CCO)Nc1cn[nH]c(=O)c1. The van der Waals surface area contributed by atoms with Crippen LogP contribution in [-0.4, -0.2) is 28.0 Å². The van der Waals surface area contributed by atoms with E-state index in [0.717, 1.165) is 0 Å². The monoisotopic (exact) mass is 183 g/mol. The van der Waals surface area contributed by atoms with Gasteiger partial charge in [-0.3, -0.25) is 4.79 Å². The maximum atomic E-state index is 10.8. The Bertz CT molecular complexity index is 310. The molecule has 1 atom stereocenters. The molecule has 0 amide bonds. The van der Waals surface area contributed by atoms with E-state index in [-0.39, 0.29) is 18.2 Å². The lowest BCUT2D eigenvalue weighted by atomic mass is 10.2. The van der Waals surface area contributed by atoms with Crippen LogP contribution in [0.4, 0.5) is 5.69 Å². The number of H-pyrrole nitrogens is 1. The second-order valence-electron chi connectivity index (χ2n) is 2.89. The van der Waals surface area contributed by atoms with Crippen molar-refractivity contribution in [3.8, 4) is 0 Å². The first-order valence-electron chi connectivity index (χ1n) is 4.14. The number of aromatic amines is 1. The molecule has 1 rings (SSSR count). The van der Waals surface area contributed by atoms with E-state index in [1.54, 1.807) is 0 Å². The number of hydrogen-bond donors (Lipinski definition) is 3. The number of aliphatic hydroxyl groups excluding tert-OH is 1. The molecule has 0 saturated carbocycles. The van der Waals surface area contributed by atoms with Crippen LogP contribution in [0.5, 0.6) is 0 Å². The molecule has 1 unspecified atom stereocenters. The summed E-state index contributed by atoms with van der Waals surface area (Å²) in [7, 11) is 0. The van der Waals surface area contributed by atoms with Crippen LogP contribution in [0.25, 0.3) is 0 Å². The lowest BCUT2D eigenvalue weighted by Crippen LogP contribution is -2.18. The van der Waals surface area contributed by atoms with Gasteiger partial charge in [0.05, 0.1) is 11.9 Å². The van der Waals surface area contributed by atoms with Crippen molar-refractivity contribution in [2.45, 2.75) is 19.4 Å². The van der Waals surface area contributed by atoms with E-state index in [1.165, 1.54) is 12.3 Å². The zero-order valence-corrected chi connectivity index (χ0v) is 7.45. The third-order valence-corrected chi connectivity index (χ3v) is 1.64. The topological polar surface area (TPSA) is 78.0 Å². The zero-order chi connectivity index (χ0) is 9.68. The van der Waals surface area contributed by atoms with Crippen molar-refractivity contribution in [1.82, 2.24) is 10.2 Å². The van der Waals surface area contributed by atoms with Crippen molar-refractivity contribution in [3.63, 3.8) is 0 Å². The van der Waals surface area contributed by atoms with Gasteiger partial charge in [-0.15, -0.1) is 0 Å². The molecule has 0 aliphatic carbocycles. The van der Waals surface area contributed by atoms with Gasteiger partial charge in [-0.1, -0.05) is 0 Å². The quantitative estimate of drug-likeness (QED) is 0.611. The normalized spacial score (nSPS) is 12.5. The molecule has 3 N–H and O–H groups in total. The number of anilines is 1. The summed E-state index contributed by atoms with van der Waals surface area (Å²) in [4.78, 5) is 10.8. The Hall–Kier alpha value is -1.36. The summed E-state index contributed by atoms with van der Waals surface area (Å²) in [5.74, 6) is 0. The highest BCUT2D eigenvalue weighted by Gasteiger charge is 2.00. The molecule has 0 bridgehead atoms. The summed E-state index contributed by atoms with van der Waals surface area (Å²) < 4.78 is 0. The van der Waals surface area contributed by atoms with Gasteiger partial charge in [-0.05, 0) is 13.3 Å². The standard InChI is InChI=1S/C8H13N3O2/c1-6(2-3-12)10-7-4-8(13)11-9-5-7/h4-6,12H,2-3H2,1H3,(H2,10,11,13). The molecular weight excluding hydrogens is 170 g/mol. The van der Waals surface area contributed by atoms with Crippen molar-refractivity contribution in [2.75, 3.05) is 11.9 Å². The van der Waals surface area contributed by atoms with Crippen LogP contribution in [0.2, 0.25) is 0 Å². The van der Waals surface area contributed by atoms with Gasteiger partial charge < -0.3 is 10.4 Å². The summed E-state index contributed by atoms with van der Waals surface area (Å²) in [5.41, 5.74) is 0.436. The minimum atomic E-state index is -0.235. The molecule has 13 heavy (non-hydrogen) atoms. The van der Waals surface area contributed by atoms with E-state index in [9.17, 15) is 4.79 Å². The average Bonchev–Trinajstić information content (AvgIpc) is 2.04. The van der Waals surface area contributed by atoms with Crippen LogP contribution in [0, 0.1) is 0 Å². The lowest BCUT2D eigenvalue weighted by Gasteiger charge is -2.12. The summed E-state index contributed by atoms with van der Waals surface area (Å²) >= 11 is 0. The molecule has 1 aromatic rings. The molecule has 0 aromatic carbocycles. The Morgan fingerprint density at radius 3 is 3.15 bits per heavy atom. The Balaban J connectivity index is 2.58. The molecule has 0 aliphatic heterocycles. The van der Waals surface area contributed by atoms with Gasteiger partial charge in [0.15, 0.2) is 0 Å². The smallest absolute Gasteiger partial charge is 0.266 e. The maximum Gasteiger partial charge on any atom is 0.266 e. The third kappa shape index (κ3) is 3.25. The fraction of sp³-hybridized carbons (Fsp3) is 0.500. The highest BCUT2D eigenvalue weighted by molar-refractivity contribution is 5.39.